The fourth-order valence-corrected chi connectivity index (χ4v) is 6.10. The number of benzene rings is 1. The molecule has 206 valence electrons. The number of hydrogen-bond donors (Lipinski definition) is 0. The number of anilines is 1. The smallest absolute Gasteiger partial charge is 0.338 e. The van der Waals surface area contributed by atoms with E-state index >= 15 is 0 Å². The molecule has 2 aliphatic rings. The van der Waals surface area contributed by atoms with E-state index in [1.54, 1.807) is 43.7 Å². The Bertz CT molecular complexity index is 1570. The van der Waals surface area contributed by atoms with E-state index in [0.29, 0.717) is 50.0 Å². The van der Waals surface area contributed by atoms with Gasteiger partial charge in [-0.05, 0) is 63.8 Å². The molecule has 2 aromatic heterocycles. The number of thiazole rings is 1. The number of rotatable bonds is 8. The van der Waals surface area contributed by atoms with Gasteiger partial charge in [0.25, 0.3) is 5.56 Å². The Kier molecular flexibility index (Phi) is 7.92. The van der Waals surface area contributed by atoms with Crippen molar-refractivity contribution >= 4 is 29.3 Å². The van der Waals surface area contributed by atoms with Crippen molar-refractivity contribution in [1.82, 2.24) is 4.57 Å². The van der Waals surface area contributed by atoms with Crippen LogP contribution in [-0.4, -0.2) is 43.9 Å². The van der Waals surface area contributed by atoms with Crippen LogP contribution in [0.25, 0.3) is 6.08 Å². The Morgan fingerprint density at radius 3 is 2.64 bits per heavy atom. The third-order valence-corrected chi connectivity index (χ3v) is 7.86. The zero-order valence-electron chi connectivity index (χ0n) is 22.7. The molecule has 0 amide bonds. The minimum atomic E-state index is -0.743. The summed E-state index contributed by atoms with van der Waals surface area (Å²) in [6.07, 6.45) is 5.28. The van der Waals surface area contributed by atoms with Gasteiger partial charge in [0.15, 0.2) is 22.2 Å². The molecule has 39 heavy (non-hydrogen) atoms. The number of aromatic nitrogens is 1. The van der Waals surface area contributed by atoms with Crippen LogP contribution in [0.1, 0.15) is 57.4 Å². The lowest BCUT2D eigenvalue weighted by Gasteiger charge is -2.25. The topological polar surface area (TPSA) is 95.5 Å². The Labute approximate surface area is 230 Å². The van der Waals surface area contributed by atoms with Gasteiger partial charge in [-0.1, -0.05) is 17.4 Å². The summed E-state index contributed by atoms with van der Waals surface area (Å²) in [4.78, 5) is 34.4. The van der Waals surface area contributed by atoms with Crippen LogP contribution in [0.2, 0.25) is 0 Å². The molecule has 0 aliphatic carbocycles. The van der Waals surface area contributed by atoms with Crippen molar-refractivity contribution in [1.29, 1.82) is 0 Å². The van der Waals surface area contributed by atoms with Gasteiger partial charge in [0, 0.05) is 25.2 Å². The van der Waals surface area contributed by atoms with Crippen LogP contribution in [0.3, 0.4) is 0 Å². The summed E-state index contributed by atoms with van der Waals surface area (Å²) in [5, 5.41) is 0. The first-order valence-corrected chi connectivity index (χ1v) is 14.1. The van der Waals surface area contributed by atoms with Gasteiger partial charge in [0.05, 0.1) is 42.2 Å². The van der Waals surface area contributed by atoms with Gasteiger partial charge in [-0.3, -0.25) is 9.36 Å². The van der Waals surface area contributed by atoms with E-state index in [0.717, 1.165) is 31.8 Å². The highest BCUT2D eigenvalue weighted by Gasteiger charge is 2.34. The zero-order chi connectivity index (χ0) is 27.5. The fourth-order valence-electron chi connectivity index (χ4n) is 5.07. The number of allylic oxidation sites excluding steroid dienone is 1. The predicted octanol–water partition coefficient (Wildman–Crippen LogP) is 3.79. The number of hydrogen-bond acceptors (Lipinski definition) is 9. The molecule has 1 atom stereocenters. The quantitative estimate of drug-likeness (QED) is 0.393. The second-order valence-corrected chi connectivity index (χ2v) is 10.4. The summed E-state index contributed by atoms with van der Waals surface area (Å²) in [6, 6.07) is 8.50. The molecule has 0 saturated carbocycles. The first-order chi connectivity index (χ1) is 18.9. The molecule has 4 heterocycles. The highest BCUT2D eigenvalue weighted by Crippen LogP contribution is 2.36. The van der Waals surface area contributed by atoms with Crippen molar-refractivity contribution in [3.05, 3.63) is 72.6 Å². The lowest BCUT2D eigenvalue weighted by atomic mass is 9.95. The van der Waals surface area contributed by atoms with Gasteiger partial charge in [-0.2, -0.15) is 0 Å². The molecular formula is C29H33N3O6S. The number of esters is 1. The fraction of sp³-hybridized carbons (Fsp3) is 0.414. The van der Waals surface area contributed by atoms with E-state index in [1.807, 2.05) is 25.1 Å². The second kappa shape index (κ2) is 11.5. The molecule has 9 nitrogen and oxygen atoms in total. The van der Waals surface area contributed by atoms with Gasteiger partial charge < -0.3 is 23.5 Å². The van der Waals surface area contributed by atoms with E-state index in [1.165, 1.54) is 17.8 Å². The number of carbonyl (C=O) groups is 1. The van der Waals surface area contributed by atoms with Crippen molar-refractivity contribution in [3.63, 3.8) is 0 Å². The van der Waals surface area contributed by atoms with E-state index in [-0.39, 0.29) is 12.2 Å². The van der Waals surface area contributed by atoms with Crippen molar-refractivity contribution in [3.8, 4) is 11.5 Å². The molecule has 0 bridgehead atoms. The zero-order valence-corrected chi connectivity index (χ0v) is 23.5. The molecule has 3 aromatic rings. The minimum absolute atomic E-state index is 0.206. The molecule has 1 fully saturated rings. The summed E-state index contributed by atoms with van der Waals surface area (Å²) in [5.41, 5.74) is 1.25. The third-order valence-electron chi connectivity index (χ3n) is 6.87. The number of fused-ring (bicyclic) bond motifs is 1. The largest absolute Gasteiger partial charge is 0.493 e. The SMILES string of the molecule is CCOC(=O)C1=C(C)N=c2s/c(=C\c3ccc(N4CCCCC4)o3)c(=O)n2[C@@H]1c1ccc(OC)c(OCC)c1. The average molecular weight is 552 g/mol. The Hall–Kier alpha value is -3.79. The van der Waals surface area contributed by atoms with Gasteiger partial charge in [0.2, 0.25) is 0 Å². The first kappa shape index (κ1) is 26.8. The summed E-state index contributed by atoms with van der Waals surface area (Å²) >= 11 is 1.27. The molecular weight excluding hydrogens is 518 g/mol. The van der Waals surface area contributed by atoms with Crippen molar-refractivity contribution < 1.29 is 23.4 Å². The molecule has 2 aliphatic heterocycles. The molecule has 0 unspecified atom stereocenters. The van der Waals surface area contributed by atoms with Crippen molar-refractivity contribution in [2.24, 2.45) is 4.99 Å². The monoisotopic (exact) mass is 551 g/mol. The van der Waals surface area contributed by atoms with Crippen LogP contribution in [0, 0.1) is 0 Å². The van der Waals surface area contributed by atoms with E-state index in [2.05, 4.69) is 9.89 Å². The molecule has 1 saturated heterocycles. The van der Waals surface area contributed by atoms with Crippen molar-refractivity contribution in [2.75, 3.05) is 38.3 Å². The highest BCUT2D eigenvalue weighted by atomic mass is 32.1. The normalized spacial score (nSPS) is 17.6. The minimum Gasteiger partial charge on any atom is -0.493 e. The number of ether oxygens (including phenoxy) is 3. The third kappa shape index (κ3) is 5.25. The summed E-state index contributed by atoms with van der Waals surface area (Å²) < 4.78 is 24.8. The average Bonchev–Trinajstić information content (AvgIpc) is 3.53. The van der Waals surface area contributed by atoms with Crippen LogP contribution < -0.4 is 29.3 Å². The van der Waals surface area contributed by atoms with Gasteiger partial charge in [-0.15, -0.1) is 0 Å². The molecule has 0 radical (unpaired) electrons. The summed E-state index contributed by atoms with van der Waals surface area (Å²) in [5.74, 6) is 1.99. The second-order valence-electron chi connectivity index (χ2n) is 9.37. The molecule has 0 spiro atoms. The van der Waals surface area contributed by atoms with E-state index < -0.39 is 12.0 Å². The summed E-state index contributed by atoms with van der Waals surface area (Å²) in [6.45, 7) is 7.98. The van der Waals surface area contributed by atoms with Crippen LogP contribution in [0.4, 0.5) is 5.88 Å². The standard InChI is InChI=1S/C29H33N3O6S/c1-5-36-22-16-19(10-12-21(22)35-4)26-25(28(34)37-6-2)18(3)30-29-32(26)27(33)23(39-29)17-20-11-13-24(38-20)31-14-8-7-9-15-31/h10-13,16-17,26H,5-9,14-15H2,1-4H3/b23-17-/t26-/m1/s1. The van der Waals surface area contributed by atoms with Gasteiger partial charge in [0.1, 0.15) is 5.76 Å². The predicted molar refractivity (Wildman–Crippen MR) is 149 cm³/mol. The van der Waals surface area contributed by atoms with Crippen LogP contribution in [0.15, 0.2) is 55.8 Å². The number of nitrogens with zero attached hydrogens (tertiary/aromatic N) is 3. The van der Waals surface area contributed by atoms with Crippen LogP contribution >= 0.6 is 11.3 Å². The van der Waals surface area contributed by atoms with Crippen LogP contribution in [0.5, 0.6) is 11.5 Å². The van der Waals surface area contributed by atoms with Gasteiger partial charge >= 0.3 is 5.97 Å². The maximum Gasteiger partial charge on any atom is 0.338 e. The Morgan fingerprint density at radius 1 is 1.13 bits per heavy atom. The molecule has 5 rings (SSSR count). The Balaban J connectivity index is 1.63. The number of carbonyl (C=O) groups excluding carboxylic acids is 1. The van der Waals surface area contributed by atoms with E-state index in [9.17, 15) is 9.59 Å². The Morgan fingerprint density at radius 2 is 1.92 bits per heavy atom. The van der Waals surface area contributed by atoms with Crippen molar-refractivity contribution in [2.45, 2.75) is 46.1 Å². The maximum absolute atomic E-state index is 13.9. The maximum atomic E-state index is 13.9. The van der Waals surface area contributed by atoms with Crippen LogP contribution in [-0.2, 0) is 9.53 Å². The summed E-state index contributed by atoms with van der Waals surface area (Å²) in [7, 11) is 1.57. The van der Waals surface area contributed by atoms with E-state index in [4.69, 9.17) is 18.6 Å². The molecule has 10 heteroatoms. The lowest BCUT2D eigenvalue weighted by molar-refractivity contribution is -0.139. The molecule has 0 N–H and O–H groups in total. The number of methoxy groups -OCH3 is 1. The number of piperidine rings is 1. The number of furan rings is 1. The highest BCUT2D eigenvalue weighted by molar-refractivity contribution is 7.07. The first-order valence-electron chi connectivity index (χ1n) is 13.3. The van der Waals surface area contributed by atoms with Gasteiger partial charge in [-0.25, -0.2) is 9.79 Å². The molecule has 1 aromatic carbocycles. The lowest BCUT2D eigenvalue weighted by Crippen LogP contribution is -2.40.